The second-order valence-electron chi connectivity index (χ2n) is 5.41. The number of hydrogen-bond acceptors (Lipinski definition) is 4. The van der Waals surface area contributed by atoms with Crippen LogP contribution in [-0.2, 0) is 0 Å². The van der Waals surface area contributed by atoms with Gasteiger partial charge in [0.05, 0.1) is 12.1 Å². The molecule has 1 aliphatic carbocycles. The fraction of sp³-hybridized carbons (Fsp3) is 0.692. The van der Waals surface area contributed by atoms with E-state index < -0.39 is 0 Å². The molecular weight excluding hydrogens is 250 g/mol. The van der Waals surface area contributed by atoms with Crippen molar-refractivity contribution in [1.82, 2.24) is 9.97 Å². The number of aliphatic hydroxyl groups excluding tert-OH is 1. The van der Waals surface area contributed by atoms with Crippen LogP contribution in [0.15, 0.2) is 6.07 Å². The van der Waals surface area contributed by atoms with Gasteiger partial charge in [0.15, 0.2) is 0 Å². The number of anilines is 1. The summed E-state index contributed by atoms with van der Waals surface area (Å²) in [6.07, 6.45) is 4.19. The Morgan fingerprint density at radius 2 is 2.11 bits per heavy atom. The molecule has 2 rings (SSSR count). The number of nitrogens with zero attached hydrogens (tertiary/aromatic N) is 2. The maximum absolute atomic E-state index is 9.69. The Bertz CT molecular complexity index is 396. The maximum atomic E-state index is 9.69. The Labute approximate surface area is 113 Å². The molecule has 0 spiro atoms. The summed E-state index contributed by atoms with van der Waals surface area (Å²) in [6.45, 7) is 4.26. The molecule has 0 amide bonds. The molecular formula is C13H20ClN3O. The molecule has 1 aromatic heterocycles. The molecule has 0 aromatic carbocycles. The standard InChI is InChI=1S/C13H20ClN3O/c1-9-3-5-13(8-18,6-4-9)17-11-7-10(2)15-12(14)16-11/h7,9,18H,3-6,8H2,1-2H3,(H,15,16,17). The van der Waals surface area contributed by atoms with E-state index >= 15 is 0 Å². The average molecular weight is 270 g/mol. The predicted molar refractivity (Wildman–Crippen MR) is 72.9 cm³/mol. The zero-order valence-corrected chi connectivity index (χ0v) is 11.7. The van der Waals surface area contributed by atoms with E-state index in [-0.39, 0.29) is 17.4 Å². The number of aliphatic hydroxyl groups is 1. The average Bonchev–Trinajstić information content (AvgIpc) is 2.31. The molecule has 1 heterocycles. The molecule has 1 aliphatic rings. The van der Waals surface area contributed by atoms with E-state index in [9.17, 15) is 5.11 Å². The highest BCUT2D eigenvalue weighted by atomic mass is 35.5. The minimum atomic E-state index is -0.253. The zero-order valence-electron chi connectivity index (χ0n) is 10.9. The minimum Gasteiger partial charge on any atom is -0.394 e. The quantitative estimate of drug-likeness (QED) is 0.829. The lowest BCUT2D eigenvalue weighted by Gasteiger charge is -2.39. The Morgan fingerprint density at radius 3 is 2.67 bits per heavy atom. The summed E-state index contributed by atoms with van der Waals surface area (Å²) in [5.74, 6) is 1.44. The highest BCUT2D eigenvalue weighted by Crippen LogP contribution is 2.34. The second-order valence-corrected chi connectivity index (χ2v) is 5.75. The van der Waals surface area contributed by atoms with Gasteiger partial charge in [0.1, 0.15) is 5.82 Å². The number of halogens is 1. The highest BCUT2D eigenvalue weighted by molar-refractivity contribution is 6.28. The molecule has 2 N–H and O–H groups in total. The summed E-state index contributed by atoms with van der Waals surface area (Å²) in [4.78, 5) is 8.21. The van der Waals surface area contributed by atoms with Crippen LogP contribution in [0.4, 0.5) is 5.82 Å². The van der Waals surface area contributed by atoms with Gasteiger partial charge >= 0.3 is 0 Å². The van der Waals surface area contributed by atoms with Crippen molar-refractivity contribution in [3.05, 3.63) is 17.0 Å². The lowest BCUT2D eigenvalue weighted by atomic mass is 9.77. The van der Waals surface area contributed by atoms with Crippen molar-refractivity contribution in [2.75, 3.05) is 11.9 Å². The number of aromatic nitrogens is 2. The van der Waals surface area contributed by atoms with Crippen molar-refractivity contribution in [3.8, 4) is 0 Å². The van der Waals surface area contributed by atoms with E-state index in [1.165, 1.54) is 0 Å². The van der Waals surface area contributed by atoms with Crippen molar-refractivity contribution in [3.63, 3.8) is 0 Å². The molecule has 0 saturated heterocycles. The van der Waals surface area contributed by atoms with Crippen molar-refractivity contribution in [2.45, 2.75) is 45.1 Å². The van der Waals surface area contributed by atoms with Gasteiger partial charge in [0, 0.05) is 11.8 Å². The molecule has 18 heavy (non-hydrogen) atoms. The normalized spacial score (nSPS) is 28.1. The van der Waals surface area contributed by atoms with Crippen LogP contribution < -0.4 is 5.32 Å². The van der Waals surface area contributed by atoms with Crippen molar-refractivity contribution < 1.29 is 5.11 Å². The first-order valence-electron chi connectivity index (χ1n) is 6.43. The van der Waals surface area contributed by atoms with Gasteiger partial charge in [-0.05, 0) is 50.1 Å². The summed E-state index contributed by atoms with van der Waals surface area (Å²) in [7, 11) is 0. The van der Waals surface area contributed by atoms with Crippen molar-refractivity contribution >= 4 is 17.4 Å². The van der Waals surface area contributed by atoms with Crippen molar-refractivity contribution in [1.29, 1.82) is 0 Å². The Balaban J connectivity index is 2.14. The largest absolute Gasteiger partial charge is 0.394 e. The minimum absolute atomic E-state index is 0.125. The van der Waals surface area contributed by atoms with Gasteiger partial charge in [0.2, 0.25) is 5.28 Å². The molecule has 0 aliphatic heterocycles. The van der Waals surface area contributed by atoms with Crippen LogP contribution in [0.25, 0.3) is 0 Å². The summed E-state index contributed by atoms with van der Waals surface area (Å²) in [6, 6.07) is 1.86. The molecule has 0 radical (unpaired) electrons. The first-order valence-corrected chi connectivity index (χ1v) is 6.81. The van der Waals surface area contributed by atoms with Crippen LogP contribution in [0, 0.1) is 12.8 Å². The smallest absolute Gasteiger partial charge is 0.224 e. The number of aryl methyl sites for hydroxylation is 1. The molecule has 0 bridgehead atoms. The van der Waals surface area contributed by atoms with Gasteiger partial charge < -0.3 is 10.4 Å². The van der Waals surface area contributed by atoms with Crippen LogP contribution in [0.3, 0.4) is 0 Å². The highest BCUT2D eigenvalue weighted by Gasteiger charge is 2.33. The molecule has 100 valence electrons. The molecule has 1 fully saturated rings. The van der Waals surface area contributed by atoms with Gasteiger partial charge in [-0.15, -0.1) is 0 Å². The van der Waals surface area contributed by atoms with Crippen LogP contribution in [0.1, 0.15) is 38.3 Å². The summed E-state index contributed by atoms with van der Waals surface area (Å²) in [5, 5.41) is 13.3. The maximum Gasteiger partial charge on any atom is 0.224 e. The van der Waals surface area contributed by atoms with Crippen LogP contribution >= 0.6 is 11.6 Å². The monoisotopic (exact) mass is 269 g/mol. The molecule has 1 aromatic rings. The number of rotatable bonds is 3. The SMILES string of the molecule is Cc1cc(NC2(CO)CCC(C)CC2)nc(Cl)n1. The Morgan fingerprint density at radius 1 is 1.44 bits per heavy atom. The predicted octanol–water partition coefficient (Wildman–Crippen LogP) is 2.79. The third-order valence-corrected chi connectivity index (χ3v) is 3.92. The third kappa shape index (κ3) is 3.12. The molecule has 1 saturated carbocycles. The Hall–Kier alpha value is -0.870. The Kier molecular flexibility index (Phi) is 4.07. The van der Waals surface area contributed by atoms with E-state index in [0.29, 0.717) is 5.82 Å². The van der Waals surface area contributed by atoms with E-state index in [2.05, 4.69) is 22.2 Å². The first kappa shape index (κ1) is 13.6. The lowest BCUT2D eigenvalue weighted by Crippen LogP contribution is -2.45. The van der Waals surface area contributed by atoms with Crippen LogP contribution in [0.2, 0.25) is 5.28 Å². The second kappa shape index (κ2) is 5.41. The molecule has 4 nitrogen and oxygen atoms in total. The fourth-order valence-electron chi connectivity index (χ4n) is 2.51. The van der Waals surface area contributed by atoms with E-state index in [0.717, 1.165) is 37.3 Å². The van der Waals surface area contributed by atoms with E-state index in [1.807, 2.05) is 13.0 Å². The van der Waals surface area contributed by atoms with Gasteiger partial charge in [-0.25, -0.2) is 9.97 Å². The lowest BCUT2D eigenvalue weighted by molar-refractivity contribution is 0.155. The topological polar surface area (TPSA) is 58.0 Å². The van der Waals surface area contributed by atoms with Gasteiger partial charge in [0.25, 0.3) is 0 Å². The van der Waals surface area contributed by atoms with Gasteiger partial charge in [-0.1, -0.05) is 6.92 Å². The number of hydrogen-bond donors (Lipinski definition) is 2. The molecule has 5 heteroatoms. The summed E-state index contributed by atoms with van der Waals surface area (Å²) in [5.41, 5.74) is 0.575. The van der Waals surface area contributed by atoms with Gasteiger partial charge in [-0.2, -0.15) is 0 Å². The summed E-state index contributed by atoms with van der Waals surface area (Å²) >= 11 is 5.85. The number of nitrogens with one attached hydrogen (secondary N) is 1. The van der Waals surface area contributed by atoms with Crippen molar-refractivity contribution in [2.24, 2.45) is 5.92 Å². The molecule has 0 unspecified atom stereocenters. The van der Waals surface area contributed by atoms with E-state index in [4.69, 9.17) is 11.6 Å². The van der Waals surface area contributed by atoms with Crippen LogP contribution in [-0.4, -0.2) is 27.2 Å². The van der Waals surface area contributed by atoms with E-state index in [1.54, 1.807) is 0 Å². The van der Waals surface area contributed by atoms with Gasteiger partial charge in [-0.3, -0.25) is 0 Å². The third-order valence-electron chi connectivity index (χ3n) is 3.75. The summed E-state index contributed by atoms with van der Waals surface area (Å²) < 4.78 is 0. The van der Waals surface area contributed by atoms with Crippen LogP contribution in [0.5, 0.6) is 0 Å². The zero-order chi connectivity index (χ0) is 13.2. The fourth-order valence-corrected chi connectivity index (χ4v) is 2.73. The first-order chi connectivity index (χ1) is 8.53. The molecule has 0 atom stereocenters.